The second-order valence-electron chi connectivity index (χ2n) is 8.09. The molecule has 3 fully saturated rings. The molecule has 0 radical (unpaired) electrons. The van der Waals surface area contributed by atoms with Gasteiger partial charge in [-0.2, -0.15) is 0 Å². The molecule has 2 saturated carbocycles. The van der Waals surface area contributed by atoms with Crippen LogP contribution < -0.4 is 9.64 Å². The van der Waals surface area contributed by atoms with E-state index < -0.39 is 10.9 Å². The first-order chi connectivity index (χ1) is 14.4. The van der Waals surface area contributed by atoms with Crippen molar-refractivity contribution in [3.8, 4) is 5.75 Å². The third-order valence-corrected chi connectivity index (χ3v) is 6.51. The number of ether oxygens (including phenoxy) is 1. The number of fused-ring (bicyclic) bond motifs is 5. The van der Waals surface area contributed by atoms with Crippen LogP contribution in [0, 0.1) is 33.8 Å². The summed E-state index contributed by atoms with van der Waals surface area (Å²) in [4.78, 5) is 49.9. The number of esters is 1. The van der Waals surface area contributed by atoms with Gasteiger partial charge in [-0.25, -0.2) is 9.69 Å². The number of hydrogen-bond acceptors (Lipinski definition) is 6. The Labute approximate surface area is 171 Å². The molecule has 2 aliphatic carbocycles. The molecule has 0 N–H and O–H groups in total. The summed E-state index contributed by atoms with van der Waals surface area (Å²) in [7, 11) is 0. The second kappa shape index (κ2) is 6.76. The highest BCUT2D eigenvalue weighted by atomic mass is 16.6. The quantitative estimate of drug-likeness (QED) is 0.253. The highest BCUT2D eigenvalue weighted by Crippen LogP contribution is 2.56. The number of non-ortho nitro benzene ring substituents is 1. The van der Waals surface area contributed by atoms with Gasteiger partial charge < -0.3 is 4.74 Å². The highest BCUT2D eigenvalue weighted by molar-refractivity contribution is 6.22. The number of anilines is 1. The Bertz CT molecular complexity index is 1070. The van der Waals surface area contributed by atoms with Gasteiger partial charge in [0.25, 0.3) is 5.69 Å². The molecule has 1 aliphatic heterocycles. The van der Waals surface area contributed by atoms with E-state index in [0.717, 1.165) is 25.3 Å². The van der Waals surface area contributed by atoms with Gasteiger partial charge in [-0.15, -0.1) is 0 Å². The van der Waals surface area contributed by atoms with Crippen molar-refractivity contribution in [3.05, 3.63) is 64.2 Å². The molecule has 8 heteroatoms. The van der Waals surface area contributed by atoms with Crippen LogP contribution in [0.25, 0.3) is 0 Å². The van der Waals surface area contributed by atoms with E-state index in [1.807, 2.05) is 0 Å². The van der Waals surface area contributed by atoms with Crippen molar-refractivity contribution in [3.63, 3.8) is 0 Å². The van der Waals surface area contributed by atoms with E-state index in [4.69, 9.17) is 4.74 Å². The molecular weight excluding hydrogens is 388 g/mol. The molecular formula is C22H18N2O6. The van der Waals surface area contributed by atoms with Gasteiger partial charge in [0.05, 0.1) is 28.0 Å². The summed E-state index contributed by atoms with van der Waals surface area (Å²) in [6.45, 7) is 0. The maximum atomic E-state index is 13.0. The molecule has 4 atom stereocenters. The Hall–Kier alpha value is -3.55. The first-order valence-corrected chi connectivity index (χ1v) is 9.88. The largest absolute Gasteiger partial charge is 0.423 e. The predicted octanol–water partition coefficient (Wildman–Crippen LogP) is 3.35. The minimum atomic E-state index is -0.759. The third kappa shape index (κ3) is 2.79. The Kier molecular flexibility index (Phi) is 4.16. The lowest BCUT2D eigenvalue weighted by Gasteiger charge is -2.19. The molecule has 30 heavy (non-hydrogen) atoms. The number of nitro groups is 1. The average Bonchev–Trinajstić information content (AvgIpc) is 3.42. The number of carbonyl (C=O) groups is 3. The molecule has 2 aromatic carbocycles. The van der Waals surface area contributed by atoms with E-state index in [2.05, 4.69) is 0 Å². The van der Waals surface area contributed by atoms with Gasteiger partial charge in [0.15, 0.2) is 0 Å². The van der Waals surface area contributed by atoms with Crippen LogP contribution in [0.2, 0.25) is 0 Å². The van der Waals surface area contributed by atoms with Gasteiger partial charge in [-0.1, -0.05) is 12.1 Å². The summed E-state index contributed by atoms with van der Waals surface area (Å²) < 4.78 is 5.34. The van der Waals surface area contributed by atoms with Gasteiger partial charge in [-0.3, -0.25) is 19.7 Å². The number of benzene rings is 2. The Morgan fingerprint density at radius 2 is 1.67 bits per heavy atom. The van der Waals surface area contributed by atoms with Crippen LogP contribution in [0.5, 0.6) is 5.75 Å². The maximum absolute atomic E-state index is 13.0. The molecule has 8 nitrogen and oxygen atoms in total. The number of carbonyl (C=O) groups excluding carboxylic acids is 3. The summed E-state index contributed by atoms with van der Waals surface area (Å²) in [6.07, 6.45) is 2.96. The smallest absolute Gasteiger partial charge is 0.343 e. The van der Waals surface area contributed by atoms with Crippen LogP contribution in [0.4, 0.5) is 11.4 Å². The first-order valence-electron chi connectivity index (χ1n) is 9.88. The summed E-state index contributed by atoms with van der Waals surface area (Å²) in [5, 5.41) is 10.9. The van der Waals surface area contributed by atoms with Crippen molar-refractivity contribution in [2.24, 2.45) is 23.7 Å². The minimum absolute atomic E-state index is 0.0361. The summed E-state index contributed by atoms with van der Waals surface area (Å²) in [5.74, 6) is -0.819. The van der Waals surface area contributed by atoms with Gasteiger partial charge in [0, 0.05) is 18.2 Å². The van der Waals surface area contributed by atoms with Crippen LogP contribution in [0.3, 0.4) is 0 Å². The number of imide groups is 1. The Morgan fingerprint density at radius 3 is 2.33 bits per heavy atom. The highest BCUT2D eigenvalue weighted by Gasteiger charge is 2.61. The zero-order chi connectivity index (χ0) is 21.0. The zero-order valence-electron chi connectivity index (χ0n) is 15.9. The van der Waals surface area contributed by atoms with E-state index >= 15 is 0 Å². The molecule has 1 heterocycles. The lowest BCUT2D eigenvalue weighted by molar-refractivity contribution is -0.384. The van der Waals surface area contributed by atoms with Crippen molar-refractivity contribution >= 4 is 29.2 Å². The Morgan fingerprint density at radius 1 is 1.00 bits per heavy atom. The normalized spacial score (nSPS) is 26.7. The summed E-state index contributed by atoms with van der Waals surface area (Å²) in [6, 6.07) is 11.5. The number of amides is 2. The van der Waals surface area contributed by atoms with Crippen LogP contribution in [0.1, 0.15) is 29.6 Å². The molecule has 0 unspecified atom stereocenters. The van der Waals surface area contributed by atoms with Crippen LogP contribution in [0.15, 0.2) is 48.5 Å². The molecule has 1 saturated heterocycles. The van der Waals surface area contributed by atoms with E-state index in [1.54, 1.807) is 12.1 Å². The van der Waals surface area contributed by atoms with Crippen LogP contribution in [-0.2, 0) is 9.59 Å². The molecule has 2 amide bonds. The number of rotatable bonds is 4. The predicted molar refractivity (Wildman–Crippen MR) is 105 cm³/mol. The van der Waals surface area contributed by atoms with Gasteiger partial charge in [0.1, 0.15) is 5.75 Å². The van der Waals surface area contributed by atoms with Crippen molar-refractivity contribution < 1.29 is 24.0 Å². The SMILES string of the molecule is O=C(Oc1cccc(N2C(=O)[C@H]3[C@@H]4CC[C@@H](C4)[C@@H]3C2=O)c1)c1cccc([N+](=O)[O-])c1. The maximum Gasteiger partial charge on any atom is 0.343 e. The molecule has 0 spiro atoms. The van der Waals surface area contributed by atoms with Crippen LogP contribution >= 0.6 is 0 Å². The van der Waals surface area contributed by atoms with E-state index in [-0.39, 0.29) is 52.5 Å². The number of nitro benzene ring substituents is 1. The molecule has 0 aromatic heterocycles. The standard InChI is InChI=1S/C22H18N2O6/c25-20-18-12-7-8-13(9-12)19(18)21(26)23(20)15-4-2-6-17(11-15)30-22(27)14-3-1-5-16(10-14)24(28)29/h1-6,10-13,18-19H,7-9H2/t12-,13+,18-,19-/m0/s1. The number of hydrogen-bond donors (Lipinski definition) is 0. The average molecular weight is 406 g/mol. The van der Waals surface area contributed by atoms with Gasteiger partial charge >= 0.3 is 5.97 Å². The van der Waals surface area contributed by atoms with E-state index in [1.165, 1.54) is 35.2 Å². The lowest BCUT2D eigenvalue weighted by atomic mass is 9.81. The fraction of sp³-hybridized carbons (Fsp3) is 0.318. The molecule has 5 rings (SSSR count). The third-order valence-electron chi connectivity index (χ3n) is 6.51. The van der Waals surface area contributed by atoms with Crippen molar-refractivity contribution in [2.45, 2.75) is 19.3 Å². The van der Waals surface area contributed by atoms with E-state index in [0.29, 0.717) is 5.69 Å². The molecule has 2 aromatic rings. The second-order valence-corrected chi connectivity index (χ2v) is 8.09. The van der Waals surface area contributed by atoms with Crippen molar-refractivity contribution in [2.75, 3.05) is 4.90 Å². The molecule has 152 valence electrons. The minimum Gasteiger partial charge on any atom is -0.423 e. The molecule has 3 aliphatic rings. The van der Waals surface area contributed by atoms with Gasteiger partial charge in [0.2, 0.25) is 11.8 Å². The van der Waals surface area contributed by atoms with E-state index in [9.17, 15) is 24.5 Å². The monoisotopic (exact) mass is 406 g/mol. The fourth-order valence-corrected chi connectivity index (χ4v) is 5.26. The fourth-order valence-electron chi connectivity index (χ4n) is 5.26. The van der Waals surface area contributed by atoms with Crippen molar-refractivity contribution in [1.82, 2.24) is 0 Å². The van der Waals surface area contributed by atoms with Gasteiger partial charge in [-0.05, 0) is 49.3 Å². The summed E-state index contributed by atoms with van der Waals surface area (Å²) in [5.41, 5.74) is 0.199. The Balaban J connectivity index is 1.38. The summed E-state index contributed by atoms with van der Waals surface area (Å²) >= 11 is 0. The lowest BCUT2D eigenvalue weighted by Crippen LogP contribution is -2.32. The number of nitrogens with zero attached hydrogens (tertiary/aromatic N) is 2. The van der Waals surface area contributed by atoms with Crippen LogP contribution in [-0.4, -0.2) is 22.7 Å². The topological polar surface area (TPSA) is 107 Å². The van der Waals surface area contributed by atoms with Crippen molar-refractivity contribution in [1.29, 1.82) is 0 Å². The zero-order valence-corrected chi connectivity index (χ0v) is 15.9. The molecule has 2 bridgehead atoms. The first kappa shape index (κ1) is 18.5.